The Kier molecular flexibility index (Phi) is 9.06. The molecule has 0 bridgehead atoms. The number of thioether (sulfide) groups is 1. The lowest BCUT2D eigenvalue weighted by Gasteiger charge is -2.39. The molecule has 2 N–H and O–H groups in total. The predicted molar refractivity (Wildman–Crippen MR) is 118 cm³/mol. The van der Waals surface area contributed by atoms with E-state index in [0.717, 1.165) is 30.4 Å². The highest BCUT2D eigenvalue weighted by atomic mass is 127. The maximum atomic E-state index is 11.9. The van der Waals surface area contributed by atoms with Crippen molar-refractivity contribution in [3.05, 3.63) is 35.4 Å². The fourth-order valence-electron chi connectivity index (χ4n) is 2.80. The Morgan fingerprint density at radius 2 is 2.12 bits per heavy atom. The van der Waals surface area contributed by atoms with Crippen molar-refractivity contribution in [1.29, 1.82) is 0 Å². The summed E-state index contributed by atoms with van der Waals surface area (Å²) in [5, 5.41) is 6.26. The van der Waals surface area contributed by atoms with E-state index in [4.69, 9.17) is 0 Å². The Morgan fingerprint density at radius 3 is 2.76 bits per heavy atom. The molecule has 5 nitrogen and oxygen atoms in total. The van der Waals surface area contributed by atoms with Crippen molar-refractivity contribution in [3.63, 3.8) is 0 Å². The molecule has 1 heterocycles. The number of benzene rings is 1. The molecule has 25 heavy (non-hydrogen) atoms. The van der Waals surface area contributed by atoms with E-state index in [1.807, 2.05) is 50.0 Å². The second-order valence-corrected chi connectivity index (χ2v) is 8.29. The van der Waals surface area contributed by atoms with Crippen LogP contribution in [0.2, 0.25) is 0 Å². The van der Waals surface area contributed by atoms with Crippen molar-refractivity contribution in [2.45, 2.75) is 32.1 Å². The number of nitrogens with one attached hydrogen (secondary N) is 2. The van der Waals surface area contributed by atoms with E-state index in [1.165, 1.54) is 0 Å². The molecule has 1 fully saturated rings. The van der Waals surface area contributed by atoms with Crippen LogP contribution in [-0.4, -0.2) is 53.9 Å². The molecule has 0 radical (unpaired) electrons. The molecule has 0 saturated carbocycles. The van der Waals surface area contributed by atoms with Gasteiger partial charge in [-0.1, -0.05) is 12.1 Å². The summed E-state index contributed by atoms with van der Waals surface area (Å²) in [4.78, 5) is 18.7. The fraction of sp³-hybridized carbons (Fsp3) is 0.556. The quantitative estimate of drug-likeness (QED) is 0.399. The highest BCUT2D eigenvalue weighted by Crippen LogP contribution is 2.29. The van der Waals surface area contributed by atoms with Gasteiger partial charge in [0.2, 0.25) is 0 Å². The third-order valence-electron chi connectivity index (χ3n) is 3.91. The van der Waals surface area contributed by atoms with E-state index in [1.54, 1.807) is 0 Å². The van der Waals surface area contributed by atoms with Crippen LogP contribution < -0.4 is 10.6 Å². The van der Waals surface area contributed by atoms with Crippen molar-refractivity contribution in [3.8, 4) is 0 Å². The SMILES string of the molecule is CCNC(=O)c1cccc(CNC(=NC)N2CCSC(C)(C)C2)c1.I. The minimum absolute atomic E-state index is 0. The first-order chi connectivity index (χ1) is 11.4. The first-order valence-corrected chi connectivity index (χ1v) is 9.40. The van der Waals surface area contributed by atoms with Gasteiger partial charge in [0.15, 0.2) is 5.96 Å². The summed E-state index contributed by atoms with van der Waals surface area (Å²) in [7, 11) is 1.82. The van der Waals surface area contributed by atoms with E-state index < -0.39 is 0 Å². The van der Waals surface area contributed by atoms with Crippen molar-refractivity contribution in [2.75, 3.05) is 32.4 Å². The van der Waals surface area contributed by atoms with Gasteiger partial charge >= 0.3 is 0 Å². The Morgan fingerprint density at radius 1 is 1.36 bits per heavy atom. The number of halogens is 1. The van der Waals surface area contributed by atoms with Gasteiger partial charge < -0.3 is 15.5 Å². The first-order valence-electron chi connectivity index (χ1n) is 8.42. The molecule has 0 spiro atoms. The van der Waals surface area contributed by atoms with E-state index >= 15 is 0 Å². The number of hydrogen-bond acceptors (Lipinski definition) is 3. The number of amides is 1. The molecule has 0 atom stereocenters. The molecular formula is C18H29IN4OS. The van der Waals surface area contributed by atoms with Crippen LogP contribution in [0.1, 0.15) is 36.7 Å². The largest absolute Gasteiger partial charge is 0.352 e. The number of aliphatic imine (C=N–C) groups is 1. The molecule has 0 aliphatic carbocycles. The third kappa shape index (κ3) is 6.69. The second-order valence-electron chi connectivity index (χ2n) is 6.49. The van der Waals surface area contributed by atoms with E-state index in [-0.39, 0.29) is 34.6 Å². The summed E-state index contributed by atoms with van der Waals surface area (Å²) in [5.74, 6) is 2.01. The van der Waals surface area contributed by atoms with Crippen molar-refractivity contribution in [2.24, 2.45) is 4.99 Å². The maximum absolute atomic E-state index is 11.9. The van der Waals surface area contributed by atoms with Crippen LogP contribution in [0.25, 0.3) is 0 Å². The van der Waals surface area contributed by atoms with Gasteiger partial charge in [0.25, 0.3) is 5.91 Å². The number of nitrogens with zero attached hydrogens (tertiary/aromatic N) is 2. The molecule has 1 aliphatic heterocycles. The van der Waals surface area contributed by atoms with E-state index in [2.05, 4.69) is 34.4 Å². The van der Waals surface area contributed by atoms with Gasteiger partial charge in [-0.3, -0.25) is 9.79 Å². The van der Waals surface area contributed by atoms with Crippen LogP contribution in [0.3, 0.4) is 0 Å². The number of rotatable bonds is 4. The summed E-state index contributed by atoms with van der Waals surface area (Å²) in [6, 6.07) is 7.72. The summed E-state index contributed by atoms with van der Waals surface area (Å²) in [5.41, 5.74) is 1.77. The van der Waals surface area contributed by atoms with Crippen LogP contribution >= 0.6 is 35.7 Å². The highest BCUT2D eigenvalue weighted by molar-refractivity contribution is 14.0. The molecule has 1 aromatic rings. The monoisotopic (exact) mass is 476 g/mol. The van der Waals surface area contributed by atoms with Crippen LogP contribution in [-0.2, 0) is 6.54 Å². The van der Waals surface area contributed by atoms with Gasteiger partial charge in [0.1, 0.15) is 0 Å². The zero-order valence-electron chi connectivity index (χ0n) is 15.5. The molecule has 0 unspecified atom stereocenters. The standard InChI is InChI=1S/C18H28N4OS.HI/c1-5-20-16(23)15-8-6-7-14(11-15)12-21-17(19-4)22-9-10-24-18(2,3)13-22;/h6-8,11H,5,9-10,12-13H2,1-4H3,(H,19,21)(H,20,23);1H. The first kappa shape index (κ1) is 22.1. The van der Waals surface area contributed by atoms with Crippen molar-refractivity contribution >= 4 is 47.6 Å². The topological polar surface area (TPSA) is 56.7 Å². The molecule has 7 heteroatoms. The minimum atomic E-state index is -0.0291. The smallest absolute Gasteiger partial charge is 0.251 e. The van der Waals surface area contributed by atoms with Crippen LogP contribution in [0.15, 0.2) is 29.3 Å². The molecule has 2 rings (SSSR count). The molecule has 1 aromatic carbocycles. The Bertz CT molecular complexity index is 606. The highest BCUT2D eigenvalue weighted by Gasteiger charge is 2.28. The molecule has 1 amide bonds. The lowest BCUT2D eigenvalue weighted by Crippen LogP contribution is -2.50. The molecule has 140 valence electrons. The average Bonchev–Trinajstić information content (AvgIpc) is 2.55. The van der Waals surface area contributed by atoms with Crippen LogP contribution in [0.5, 0.6) is 0 Å². The van der Waals surface area contributed by atoms with Gasteiger partial charge in [-0.15, -0.1) is 24.0 Å². The second kappa shape index (κ2) is 10.3. The Balaban J connectivity index is 0.00000312. The summed E-state index contributed by atoms with van der Waals surface area (Å²) in [6.45, 7) is 9.75. The lowest BCUT2D eigenvalue weighted by molar-refractivity contribution is 0.0955. The normalized spacial score (nSPS) is 16.8. The molecule has 0 aromatic heterocycles. The Hall–Kier alpha value is -0.960. The third-order valence-corrected chi connectivity index (χ3v) is 5.21. The number of carbonyl (C=O) groups is 1. The summed E-state index contributed by atoms with van der Waals surface area (Å²) in [6.07, 6.45) is 0. The van der Waals surface area contributed by atoms with Gasteiger partial charge in [0, 0.05) is 49.3 Å². The van der Waals surface area contributed by atoms with Gasteiger partial charge in [-0.25, -0.2) is 0 Å². The van der Waals surface area contributed by atoms with Gasteiger partial charge in [0.05, 0.1) is 0 Å². The summed E-state index contributed by atoms with van der Waals surface area (Å²) < 4.78 is 0.244. The zero-order chi connectivity index (χ0) is 17.6. The van der Waals surface area contributed by atoms with Gasteiger partial charge in [-0.2, -0.15) is 11.8 Å². The van der Waals surface area contributed by atoms with E-state index in [9.17, 15) is 4.79 Å². The van der Waals surface area contributed by atoms with Crippen LogP contribution in [0.4, 0.5) is 0 Å². The Labute approximate surface area is 172 Å². The molecular weight excluding hydrogens is 447 g/mol. The van der Waals surface area contributed by atoms with Crippen molar-refractivity contribution in [1.82, 2.24) is 15.5 Å². The zero-order valence-corrected chi connectivity index (χ0v) is 18.6. The number of guanidine groups is 1. The average molecular weight is 476 g/mol. The van der Waals surface area contributed by atoms with Crippen molar-refractivity contribution < 1.29 is 4.79 Å². The number of hydrogen-bond donors (Lipinski definition) is 2. The summed E-state index contributed by atoms with van der Waals surface area (Å²) >= 11 is 2.01. The maximum Gasteiger partial charge on any atom is 0.251 e. The van der Waals surface area contributed by atoms with Crippen LogP contribution in [0, 0.1) is 0 Å². The molecule has 1 saturated heterocycles. The number of carbonyl (C=O) groups excluding carboxylic acids is 1. The lowest BCUT2D eigenvalue weighted by atomic mass is 10.1. The fourth-order valence-corrected chi connectivity index (χ4v) is 3.91. The van der Waals surface area contributed by atoms with E-state index in [0.29, 0.717) is 18.7 Å². The van der Waals surface area contributed by atoms with Gasteiger partial charge in [-0.05, 0) is 38.5 Å². The minimum Gasteiger partial charge on any atom is -0.352 e. The molecule has 1 aliphatic rings. The predicted octanol–water partition coefficient (Wildman–Crippen LogP) is 2.96.